The van der Waals surface area contributed by atoms with Gasteiger partial charge in [-0.15, -0.1) is 0 Å². The average molecular weight is 325 g/mol. The van der Waals surface area contributed by atoms with Crippen molar-refractivity contribution in [2.24, 2.45) is 0 Å². The highest BCUT2D eigenvalue weighted by atomic mass is 16.5. The van der Waals surface area contributed by atoms with Crippen LogP contribution in [0.15, 0.2) is 72.8 Å². The number of carbonyl (C=O) groups is 1. The molecule has 4 aromatic carbocycles. The third-order valence-corrected chi connectivity index (χ3v) is 4.89. The van der Waals surface area contributed by atoms with Gasteiger partial charge in [-0.05, 0) is 39.7 Å². The standard InChI is InChI=1S/C22H15NO2/c1-25-22(24)23-20-9-5-4-8-17(20)19-12-15-11-10-14-6-2-3-7-16(14)18(15)13-21(19)23/h2-13H,1H3. The smallest absolute Gasteiger partial charge is 0.418 e. The van der Waals surface area contributed by atoms with Crippen LogP contribution in [0.5, 0.6) is 0 Å². The fourth-order valence-electron chi connectivity index (χ4n) is 3.76. The van der Waals surface area contributed by atoms with Crippen LogP contribution < -0.4 is 0 Å². The van der Waals surface area contributed by atoms with Crippen LogP contribution in [0.2, 0.25) is 0 Å². The van der Waals surface area contributed by atoms with Crippen LogP contribution in [0, 0.1) is 0 Å². The molecule has 5 aromatic rings. The van der Waals surface area contributed by atoms with E-state index in [1.54, 1.807) is 4.57 Å². The topological polar surface area (TPSA) is 31.2 Å². The number of benzene rings is 4. The van der Waals surface area contributed by atoms with Crippen LogP contribution in [0.4, 0.5) is 4.79 Å². The molecule has 0 unspecified atom stereocenters. The summed E-state index contributed by atoms with van der Waals surface area (Å²) in [5.41, 5.74) is 1.74. The van der Waals surface area contributed by atoms with Gasteiger partial charge in [-0.1, -0.05) is 54.6 Å². The van der Waals surface area contributed by atoms with E-state index < -0.39 is 0 Å². The highest BCUT2D eigenvalue weighted by Crippen LogP contribution is 2.35. The van der Waals surface area contributed by atoms with E-state index in [9.17, 15) is 4.79 Å². The van der Waals surface area contributed by atoms with Crippen LogP contribution in [0.1, 0.15) is 0 Å². The summed E-state index contributed by atoms with van der Waals surface area (Å²) in [5, 5.41) is 6.79. The summed E-state index contributed by atoms with van der Waals surface area (Å²) < 4.78 is 6.69. The largest absolute Gasteiger partial charge is 0.452 e. The molecule has 0 spiro atoms. The lowest BCUT2D eigenvalue weighted by Gasteiger charge is -2.07. The first-order valence-corrected chi connectivity index (χ1v) is 8.21. The summed E-state index contributed by atoms with van der Waals surface area (Å²) in [6.45, 7) is 0. The van der Waals surface area contributed by atoms with E-state index in [4.69, 9.17) is 4.74 Å². The van der Waals surface area contributed by atoms with Crippen molar-refractivity contribution in [2.45, 2.75) is 0 Å². The number of aromatic nitrogens is 1. The van der Waals surface area contributed by atoms with Gasteiger partial charge >= 0.3 is 6.09 Å². The van der Waals surface area contributed by atoms with E-state index in [2.05, 4.69) is 36.4 Å². The van der Waals surface area contributed by atoms with Crippen LogP contribution in [0.3, 0.4) is 0 Å². The molecule has 120 valence electrons. The Hall–Kier alpha value is -3.33. The monoisotopic (exact) mass is 325 g/mol. The first-order chi connectivity index (χ1) is 12.3. The second-order valence-electron chi connectivity index (χ2n) is 6.20. The lowest BCUT2D eigenvalue weighted by Crippen LogP contribution is -2.10. The Balaban J connectivity index is 2.04. The number of para-hydroxylation sites is 1. The van der Waals surface area contributed by atoms with E-state index in [1.807, 2.05) is 36.4 Å². The molecule has 0 N–H and O–H groups in total. The van der Waals surface area contributed by atoms with Gasteiger partial charge in [0.15, 0.2) is 0 Å². The minimum absolute atomic E-state index is 0.370. The van der Waals surface area contributed by atoms with Crippen molar-refractivity contribution in [2.75, 3.05) is 7.11 Å². The Kier molecular flexibility index (Phi) is 2.86. The van der Waals surface area contributed by atoms with Crippen molar-refractivity contribution >= 4 is 49.4 Å². The molecule has 1 heterocycles. The molecule has 0 aliphatic carbocycles. The summed E-state index contributed by atoms with van der Waals surface area (Å²) >= 11 is 0. The van der Waals surface area contributed by atoms with Gasteiger partial charge in [0.05, 0.1) is 18.1 Å². The van der Waals surface area contributed by atoms with E-state index in [1.165, 1.54) is 23.3 Å². The number of hydrogen-bond acceptors (Lipinski definition) is 2. The fraction of sp³-hybridized carbons (Fsp3) is 0.0455. The molecule has 3 heteroatoms. The molecular formula is C22H15NO2. The lowest BCUT2D eigenvalue weighted by molar-refractivity contribution is 0.175. The predicted molar refractivity (Wildman–Crippen MR) is 102 cm³/mol. The van der Waals surface area contributed by atoms with E-state index in [-0.39, 0.29) is 6.09 Å². The normalized spacial score (nSPS) is 11.6. The molecule has 5 rings (SSSR count). The highest BCUT2D eigenvalue weighted by molar-refractivity contribution is 6.19. The van der Waals surface area contributed by atoms with Crippen LogP contribution in [0.25, 0.3) is 43.4 Å². The number of carbonyl (C=O) groups excluding carboxylic acids is 1. The molecule has 0 radical (unpaired) electrons. The highest BCUT2D eigenvalue weighted by Gasteiger charge is 2.17. The third-order valence-electron chi connectivity index (χ3n) is 4.89. The van der Waals surface area contributed by atoms with Gasteiger partial charge in [0.1, 0.15) is 0 Å². The Morgan fingerprint density at radius 2 is 1.44 bits per heavy atom. The first kappa shape index (κ1) is 14.1. The molecule has 0 atom stereocenters. The SMILES string of the molecule is COC(=O)n1c2ccccc2c2cc3ccc4ccccc4c3cc21. The van der Waals surface area contributed by atoms with Crippen molar-refractivity contribution in [3.8, 4) is 0 Å². The average Bonchev–Trinajstić information content (AvgIpc) is 2.99. The Labute approximate surface area is 144 Å². The minimum Gasteiger partial charge on any atom is -0.452 e. The Morgan fingerprint density at radius 1 is 0.720 bits per heavy atom. The molecule has 0 bridgehead atoms. The summed E-state index contributed by atoms with van der Waals surface area (Å²) in [7, 11) is 1.42. The Bertz CT molecular complexity index is 1300. The summed E-state index contributed by atoms with van der Waals surface area (Å²) in [4.78, 5) is 12.4. The maximum Gasteiger partial charge on any atom is 0.418 e. The van der Waals surface area contributed by atoms with Crippen molar-refractivity contribution in [1.82, 2.24) is 4.57 Å². The Morgan fingerprint density at radius 3 is 2.28 bits per heavy atom. The number of ether oxygens (including phenoxy) is 1. The van der Waals surface area contributed by atoms with Crippen molar-refractivity contribution in [1.29, 1.82) is 0 Å². The van der Waals surface area contributed by atoms with Gasteiger partial charge < -0.3 is 4.74 Å². The third kappa shape index (κ3) is 1.89. The number of nitrogens with zero attached hydrogens (tertiary/aromatic N) is 1. The maximum atomic E-state index is 12.4. The molecule has 1 aromatic heterocycles. The maximum absolute atomic E-state index is 12.4. The van der Waals surface area contributed by atoms with Crippen molar-refractivity contribution < 1.29 is 9.53 Å². The molecule has 0 saturated heterocycles. The second kappa shape index (κ2) is 5.08. The van der Waals surface area contributed by atoms with Gasteiger partial charge in [0.2, 0.25) is 0 Å². The summed E-state index contributed by atoms with van der Waals surface area (Å²) in [6, 6.07) is 24.8. The predicted octanol–water partition coefficient (Wildman–Crippen LogP) is 5.72. The van der Waals surface area contributed by atoms with Crippen molar-refractivity contribution in [3.05, 3.63) is 72.8 Å². The first-order valence-electron chi connectivity index (χ1n) is 8.21. The van der Waals surface area contributed by atoms with Crippen LogP contribution in [-0.2, 0) is 4.74 Å². The summed E-state index contributed by atoms with van der Waals surface area (Å²) in [5.74, 6) is 0. The van der Waals surface area contributed by atoms with Crippen LogP contribution in [-0.4, -0.2) is 17.8 Å². The number of hydrogen-bond donors (Lipinski definition) is 0. The molecule has 3 nitrogen and oxygen atoms in total. The molecule has 25 heavy (non-hydrogen) atoms. The molecule has 0 aliphatic rings. The van der Waals surface area contributed by atoms with E-state index in [0.717, 1.165) is 27.2 Å². The molecule has 0 aliphatic heterocycles. The minimum atomic E-state index is -0.370. The van der Waals surface area contributed by atoms with Gasteiger partial charge in [-0.25, -0.2) is 9.36 Å². The lowest BCUT2D eigenvalue weighted by atomic mass is 10.00. The number of fused-ring (bicyclic) bond motifs is 6. The van der Waals surface area contributed by atoms with Gasteiger partial charge in [0.25, 0.3) is 0 Å². The summed E-state index contributed by atoms with van der Waals surface area (Å²) in [6.07, 6.45) is -0.370. The number of methoxy groups -OCH3 is 1. The van der Waals surface area contributed by atoms with Crippen LogP contribution >= 0.6 is 0 Å². The zero-order valence-corrected chi connectivity index (χ0v) is 13.7. The van der Waals surface area contributed by atoms with E-state index in [0.29, 0.717) is 0 Å². The van der Waals surface area contributed by atoms with Gasteiger partial charge in [-0.3, -0.25) is 0 Å². The quantitative estimate of drug-likeness (QED) is 0.341. The van der Waals surface area contributed by atoms with E-state index >= 15 is 0 Å². The van der Waals surface area contributed by atoms with Gasteiger partial charge in [-0.2, -0.15) is 0 Å². The van der Waals surface area contributed by atoms with Gasteiger partial charge in [0, 0.05) is 10.8 Å². The fourth-order valence-corrected chi connectivity index (χ4v) is 3.76. The molecular weight excluding hydrogens is 310 g/mol. The molecule has 0 fully saturated rings. The second-order valence-corrected chi connectivity index (χ2v) is 6.20. The zero-order valence-electron chi connectivity index (χ0n) is 13.7. The molecule has 0 saturated carbocycles. The zero-order chi connectivity index (χ0) is 17.0. The van der Waals surface area contributed by atoms with Crippen molar-refractivity contribution in [3.63, 3.8) is 0 Å². The number of rotatable bonds is 0. The molecule has 0 amide bonds.